The predicted octanol–water partition coefficient (Wildman–Crippen LogP) is 0.399. The van der Waals surface area contributed by atoms with Gasteiger partial charge in [0.05, 0.1) is 25.5 Å². The largest absolute Gasteiger partial charge is 0.478 e. The molecule has 1 aromatic rings. The Morgan fingerprint density at radius 1 is 1.35 bits per heavy atom. The average Bonchev–Trinajstić information content (AvgIpc) is 2.61. The molecule has 1 saturated heterocycles. The molecule has 3 heterocycles. The quantitative estimate of drug-likeness (QED) is 0.749. The molecule has 0 aliphatic carbocycles. The standard InChI is InChI=1S/C14H16N2O6S/c17-12(18)4-2-10-1-3-11-13(16-10)22-14(5-7-21-8-6-14)9-15-23(11,19)20/h1-4,15H,5-9H2,(H,17,18)/b4-2+. The molecular formula is C14H16N2O6S. The van der Waals surface area contributed by atoms with Crippen molar-refractivity contribution in [2.45, 2.75) is 23.3 Å². The van der Waals surface area contributed by atoms with E-state index in [1.807, 2.05) is 0 Å². The number of ether oxygens (including phenoxy) is 2. The van der Waals surface area contributed by atoms with Gasteiger partial charge >= 0.3 is 5.97 Å². The Labute approximate surface area is 133 Å². The van der Waals surface area contributed by atoms with Crippen molar-refractivity contribution in [3.8, 4) is 5.88 Å². The summed E-state index contributed by atoms with van der Waals surface area (Å²) in [6.07, 6.45) is 3.31. The Balaban J connectivity index is 2.02. The topological polar surface area (TPSA) is 115 Å². The Morgan fingerprint density at radius 2 is 2.09 bits per heavy atom. The lowest BCUT2D eigenvalue weighted by Gasteiger charge is -2.35. The van der Waals surface area contributed by atoms with E-state index in [9.17, 15) is 13.2 Å². The first kappa shape index (κ1) is 15.9. The minimum absolute atomic E-state index is 0.00978. The summed E-state index contributed by atoms with van der Waals surface area (Å²) in [7, 11) is -3.72. The molecule has 124 valence electrons. The van der Waals surface area contributed by atoms with E-state index in [-0.39, 0.29) is 17.3 Å². The lowest BCUT2D eigenvalue weighted by molar-refractivity contribution is -0.131. The van der Waals surface area contributed by atoms with Crippen LogP contribution in [0.4, 0.5) is 0 Å². The van der Waals surface area contributed by atoms with Gasteiger partial charge in [-0.25, -0.2) is 22.9 Å². The predicted molar refractivity (Wildman–Crippen MR) is 79.5 cm³/mol. The molecule has 2 aliphatic heterocycles. The van der Waals surface area contributed by atoms with Gasteiger partial charge in [0, 0.05) is 18.9 Å². The van der Waals surface area contributed by atoms with Crippen LogP contribution < -0.4 is 9.46 Å². The van der Waals surface area contributed by atoms with Crippen LogP contribution in [0.3, 0.4) is 0 Å². The molecule has 1 fully saturated rings. The molecule has 2 N–H and O–H groups in total. The fraction of sp³-hybridized carbons (Fsp3) is 0.429. The molecule has 0 radical (unpaired) electrons. The molecule has 0 bridgehead atoms. The first-order chi connectivity index (χ1) is 10.9. The van der Waals surface area contributed by atoms with Crippen LogP contribution in [-0.4, -0.2) is 49.8 Å². The smallest absolute Gasteiger partial charge is 0.328 e. The SMILES string of the molecule is O=C(O)/C=C/c1ccc2c(n1)OC1(CCOCC1)CNS2(=O)=O. The number of aliphatic carboxylic acids is 1. The normalized spacial score (nSPS) is 22.3. The maximum absolute atomic E-state index is 12.3. The molecule has 2 aliphatic rings. The number of carboxylic acids is 1. The van der Waals surface area contributed by atoms with Crippen molar-refractivity contribution in [3.05, 3.63) is 23.9 Å². The first-order valence-electron chi connectivity index (χ1n) is 7.09. The van der Waals surface area contributed by atoms with Gasteiger partial charge in [-0.15, -0.1) is 0 Å². The number of sulfonamides is 1. The summed E-state index contributed by atoms with van der Waals surface area (Å²) in [4.78, 5) is 14.7. The van der Waals surface area contributed by atoms with Gasteiger partial charge in [0.2, 0.25) is 15.9 Å². The van der Waals surface area contributed by atoms with Crippen molar-refractivity contribution >= 4 is 22.1 Å². The van der Waals surface area contributed by atoms with E-state index < -0.39 is 21.6 Å². The summed E-state index contributed by atoms with van der Waals surface area (Å²) in [6, 6.07) is 2.80. The molecule has 9 heteroatoms. The van der Waals surface area contributed by atoms with Gasteiger partial charge in [0.15, 0.2) is 0 Å². The van der Waals surface area contributed by atoms with E-state index in [2.05, 4.69) is 9.71 Å². The summed E-state index contributed by atoms with van der Waals surface area (Å²) in [5.74, 6) is -1.12. The number of nitrogens with zero attached hydrogens (tertiary/aromatic N) is 1. The maximum atomic E-state index is 12.3. The zero-order valence-corrected chi connectivity index (χ0v) is 13.0. The van der Waals surface area contributed by atoms with Crippen LogP contribution in [0.1, 0.15) is 18.5 Å². The highest BCUT2D eigenvalue weighted by molar-refractivity contribution is 7.89. The zero-order chi connectivity index (χ0) is 16.5. The Kier molecular flexibility index (Phi) is 4.09. The van der Waals surface area contributed by atoms with Crippen LogP contribution in [0.5, 0.6) is 5.88 Å². The van der Waals surface area contributed by atoms with Crippen LogP contribution in [-0.2, 0) is 19.6 Å². The third-order valence-corrected chi connectivity index (χ3v) is 5.25. The van der Waals surface area contributed by atoms with Crippen molar-refractivity contribution in [1.82, 2.24) is 9.71 Å². The van der Waals surface area contributed by atoms with Crippen LogP contribution in [0.2, 0.25) is 0 Å². The number of aromatic nitrogens is 1. The Hall–Kier alpha value is -1.97. The highest BCUT2D eigenvalue weighted by atomic mass is 32.2. The second-order valence-corrected chi connectivity index (χ2v) is 7.17. The van der Waals surface area contributed by atoms with E-state index in [4.69, 9.17) is 14.6 Å². The molecule has 0 saturated carbocycles. The molecule has 0 atom stereocenters. The Bertz CT molecular complexity index is 753. The second kappa shape index (κ2) is 5.91. The fourth-order valence-electron chi connectivity index (χ4n) is 2.54. The summed E-state index contributed by atoms with van der Waals surface area (Å²) < 4.78 is 38.5. The summed E-state index contributed by atoms with van der Waals surface area (Å²) in [5, 5.41) is 8.67. The highest BCUT2D eigenvalue weighted by Crippen LogP contribution is 2.33. The molecule has 1 aromatic heterocycles. The molecule has 0 amide bonds. The molecule has 23 heavy (non-hydrogen) atoms. The molecule has 0 unspecified atom stereocenters. The van der Waals surface area contributed by atoms with Gasteiger partial charge < -0.3 is 14.6 Å². The summed E-state index contributed by atoms with van der Waals surface area (Å²) >= 11 is 0. The number of hydrogen-bond acceptors (Lipinski definition) is 6. The monoisotopic (exact) mass is 340 g/mol. The van der Waals surface area contributed by atoms with E-state index in [0.717, 1.165) is 6.08 Å². The van der Waals surface area contributed by atoms with Crippen LogP contribution >= 0.6 is 0 Å². The lowest BCUT2D eigenvalue weighted by Crippen LogP contribution is -2.49. The van der Waals surface area contributed by atoms with Gasteiger partial charge in [-0.3, -0.25) is 0 Å². The number of pyridine rings is 1. The second-order valence-electron chi connectivity index (χ2n) is 5.43. The Morgan fingerprint density at radius 3 is 2.78 bits per heavy atom. The zero-order valence-electron chi connectivity index (χ0n) is 12.2. The minimum Gasteiger partial charge on any atom is -0.478 e. The molecule has 1 spiro atoms. The highest BCUT2D eigenvalue weighted by Gasteiger charge is 2.41. The van der Waals surface area contributed by atoms with Gasteiger partial charge in [0.1, 0.15) is 10.5 Å². The van der Waals surface area contributed by atoms with E-state index in [1.165, 1.54) is 18.2 Å². The van der Waals surface area contributed by atoms with Crippen molar-refractivity contribution in [2.24, 2.45) is 0 Å². The van der Waals surface area contributed by atoms with Crippen LogP contribution in [0.25, 0.3) is 6.08 Å². The molecule has 0 aromatic carbocycles. The van der Waals surface area contributed by atoms with Gasteiger partial charge in [0.25, 0.3) is 0 Å². The van der Waals surface area contributed by atoms with Gasteiger partial charge in [-0.2, -0.15) is 0 Å². The number of carbonyl (C=O) groups is 1. The van der Waals surface area contributed by atoms with Crippen molar-refractivity contribution in [2.75, 3.05) is 19.8 Å². The minimum atomic E-state index is -3.72. The number of nitrogens with one attached hydrogen (secondary N) is 1. The summed E-state index contributed by atoms with van der Waals surface area (Å²) in [6.45, 7) is 1.11. The van der Waals surface area contributed by atoms with Crippen molar-refractivity contribution in [1.29, 1.82) is 0 Å². The first-order valence-corrected chi connectivity index (χ1v) is 8.57. The third kappa shape index (κ3) is 3.36. The van der Waals surface area contributed by atoms with E-state index in [0.29, 0.717) is 31.7 Å². The lowest BCUT2D eigenvalue weighted by atomic mass is 9.94. The molecule has 3 rings (SSSR count). The number of hydrogen-bond donors (Lipinski definition) is 2. The van der Waals surface area contributed by atoms with Crippen molar-refractivity contribution < 1.29 is 27.8 Å². The van der Waals surface area contributed by atoms with Crippen molar-refractivity contribution in [3.63, 3.8) is 0 Å². The van der Waals surface area contributed by atoms with Gasteiger partial charge in [-0.1, -0.05) is 0 Å². The molecule has 8 nitrogen and oxygen atoms in total. The number of rotatable bonds is 2. The average molecular weight is 340 g/mol. The van der Waals surface area contributed by atoms with Crippen LogP contribution in [0, 0.1) is 0 Å². The maximum Gasteiger partial charge on any atom is 0.328 e. The fourth-order valence-corrected chi connectivity index (χ4v) is 3.71. The molecular weight excluding hydrogens is 324 g/mol. The van der Waals surface area contributed by atoms with E-state index in [1.54, 1.807) is 0 Å². The van der Waals surface area contributed by atoms with E-state index >= 15 is 0 Å². The third-order valence-electron chi connectivity index (χ3n) is 3.83. The van der Waals surface area contributed by atoms with Crippen LogP contribution in [0.15, 0.2) is 23.1 Å². The number of fused-ring (bicyclic) bond motifs is 1. The summed E-state index contributed by atoms with van der Waals surface area (Å²) in [5.41, 5.74) is -0.385. The number of carboxylic acid groups (broad SMARTS) is 1. The van der Waals surface area contributed by atoms with Gasteiger partial charge in [-0.05, 0) is 18.2 Å².